The molecule has 1 unspecified atom stereocenters. The molecular weight excluding hydrogens is 252 g/mol. The van der Waals surface area contributed by atoms with Gasteiger partial charge in [-0.1, -0.05) is 12.1 Å². The van der Waals surface area contributed by atoms with Crippen LogP contribution in [0.2, 0.25) is 0 Å². The van der Waals surface area contributed by atoms with Crippen LogP contribution in [0.3, 0.4) is 0 Å². The molecule has 1 heterocycles. The molecular formula is C17H16O3. The number of hydrogen-bond donors (Lipinski definition) is 1. The van der Waals surface area contributed by atoms with Gasteiger partial charge in [0.15, 0.2) is 0 Å². The molecule has 3 rings (SSSR count). The highest BCUT2D eigenvalue weighted by Gasteiger charge is 2.19. The lowest BCUT2D eigenvalue weighted by atomic mass is 9.98. The molecule has 0 radical (unpaired) electrons. The Morgan fingerprint density at radius 1 is 1.20 bits per heavy atom. The Kier molecular flexibility index (Phi) is 2.97. The minimum atomic E-state index is -0.895. The number of carboxylic acids is 1. The van der Waals surface area contributed by atoms with Gasteiger partial charge >= 0.3 is 5.97 Å². The number of fused-ring (bicyclic) bond motifs is 1. The van der Waals surface area contributed by atoms with Crippen molar-refractivity contribution in [2.24, 2.45) is 0 Å². The van der Waals surface area contributed by atoms with Gasteiger partial charge in [0.05, 0.1) is 5.56 Å². The molecule has 0 fully saturated rings. The molecule has 20 heavy (non-hydrogen) atoms. The van der Waals surface area contributed by atoms with E-state index in [1.807, 2.05) is 25.1 Å². The summed E-state index contributed by atoms with van der Waals surface area (Å²) in [5, 5.41) is 9.15. The minimum Gasteiger partial charge on any atom is -0.490 e. The first-order valence-corrected chi connectivity index (χ1v) is 6.68. The number of ether oxygens (including phenoxy) is 1. The molecule has 1 aliphatic rings. The average molecular weight is 268 g/mol. The van der Waals surface area contributed by atoms with Gasteiger partial charge in [-0.25, -0.2) is 4.79 Å². The monoisotopic (exact) mass is 268 g/mol. The maximum absolute atomic E-state index is 11.1. The van der Waals surface area contributed by atoms with E-state index in [1.165, 1.54) is 5.56 Å². The van der Waals surface area contributed by atoms with Gasteiger partial charge in [-0.15, -0.1) is 0 Å². The van der Waals surface area contributed by atoms with E-state index >= 15 is 0 Å². The first-order chi connectivity index (χ1) is 9.52. The Labute approximate surface area is 117 Å². The Morgan fingerprint density at radius 3 is 2.75 bits per heavy atom. The number of rotatable bonds is 2. The SMILES string of the molecule is Cc1cc(C(=O)O)cc(-c2ccc3c(c2)CC(C)O3)c1. The second kappa shape index (κ2) is 4.67. The van der Waals surface area contributed by atoms with Gasteiger partial charge in [-0.3, -0.25) is 0 Å². The molecule has 0 aliphatic carbocycles. The van der Waals surface area contributed by atoms with E-state index in [2.05, 4.69) is 13.0 Å². The zero-order valence-electron chi connectivity index (χ0n) is 11.5. The van der Waals surface area contributed by atoms with Gasteiger partial charge in [-0.05, 0) is 60.4 Å². The van der Waals surface area contributed by atoms with Crippen LogP contribution in [0.4, 0.5) is 0 Å². The van der Waals surface area contributed by atoms with Crippen LogP contribution in [0.25, 0.3) is 11.1 Å². The van der Waals surface area contributed by atoms with E-state index in [1.54, 1.807) is 12.1 Å². The van der Waals surface area contributed by atoms with Crippen molar-refractivity contribution in [2.45, 2.75) is 26.4 Å². The van der Waals surface area contributed by atoms with Crippen molar-refractivity contribution in [3.63, 3.8) is 0 Å². The van der Waals surface area contributed by atoms with E-state index in [4.69, 9.17) is 9.84 Å². The fraction of sp³-hybridized carbons (Fsp3) is 0.235. The minimum absolute atomic E-state index is 0.215. The Hall–Kier alpha value is -2.29. The topological polar surface area (TPSA) is 46.5 Å². The summed E-state index contributed by atoms with van der Waals surface area (Å²) in [7, 11) is 0. The lowest BCUT2D eigenvalue weighted by Crippen LogP contribution is -2.05. The standard InChI is InChI=1S/C17H16O3/c1-10-5-13(9-15(6-10)17(18)19)12-3-4-16-14(8-12)7-11(2)20-16/h3-6,8-9,11H,7H2,1-2H3,(H,18,19). The van der Waals surface area contributed by atoms with Gasteiger partial charge in [0, 0.05) is 6.42 Å². The first-order valence-electron chi connectivity index (χ1n) is 6.68. The van der Waals surface area contributed by atoms with Crippen molar-refractivity contribution in [1.29, 1.82) is 0 Å². The molecule has 3 nitrogen and oxygen atoms in total. The van der Waals surface area contributed by atoms with Crippen molar-refractivity contribution in [2.75, 3.05) is 0 Å². The van der Waals surface area contributed by atoms with Crippen molar-refractivity contribution >= 4 is 5.97 Å². The van der Waals surface area contributed by atoms with Crippen molar-refractivity contribution < 1.29 is 14.6 Å². The van der Waals surface area contributed by atoms with Crippen LogP contribution < -0.4 is 4.74 Å². The molecule has 0 saturated carbocycles. The van der Waals surface area contributed by atoms with E-state index in [-0.39, 0.29) is 6.10 Å². The lowest BCUT2D eigenvalue weighted by molar-refractivity contribution is 0.0697. The second-order valence-electron chi connectivity index (χ2n) is 5.35. The molecule has 1 N–H and O–H groups in total. The Morgan fingerprint density at radius 2 is 2.00 bits per heavy atom. The van der Waals surface area contributed by atoms with Crippen LogP contribution in [-0.2, 0) is 6.42 Å². The fourth-order valence-corrected chi connectivity index (χ4v) is 2.67. The molecule has 3 heteroatoms. The van der Waals surface area contributed by atoms with Crippen LogP contribution in [0.15, 0.2) is 36.4 Å². The first kappa shape index (κ1) is 12.7. The largest absolute Gasteiger partial charge is 0.490 e. The molecule has 0 saturated heterocycles. The quantitative estimate of drug-likeness (QED) is 0.903. The lowest BCUT2D eigenvalue weighted by Gasteiger charge is -2.07. The summed E-state index contributed by atoms with van der Waals surface area (Å²) in [6.45, 7) is 3.96. The molecule has 102 valence electrons. The van der Waals surface area contributed by atoms with Gasteiger partial charge in [0.1, 0.15) is 11.9 Å². The number of aromatic carboxylic acids is 1. The van der Waals surface area contributed by atoms with E-state index < -0.39 is 5.97 Å². The Bertz CT molecular complexity index is 689. The summed E-state index contributed by atoms with van der Waals surface area (Å²) in [6.07, 6.45) is 1.12. The number of aryl methyl sites for hydroxylation is 1. The maximum atomic E-state index is 11.1. The van der Waals surface area contributed by atoms with Gasteiger partial charge in [0.2, 0.25) is 0 Å². The third-order valence-electron chi connectivity index (χ3n) is 3.55. The molecule has 2 aromatic rings. The molecule has 0 spiro atoms. The van der Waals surface area contributed by atoms with Crippen molar-refractivity contribution in [3.05, 3.63) is 53.1 Å². The summed E-state index contributed by atoms with van der Waals surface area (Å²) in [6, 6.07) is 11.5. The van der Waals surface area contributed by atoms with Crippen LogP contribution in [0.5, 0.6) is 5.75 Å². The van der Waals surface area contributed by atoms with Gasteiger partial charge in [0.25, 0.3) is 0 Å². The third kappa shape index (κ3) is 2.27. The van der Waals surface area contributed by atoms with E-state index in [0.717, 1.165) is 28.9 Å². The smallest absolute Gasteiger partial charge is 0.335 e. The molecule has 1 aliphatic heterocycles. The normalized spacial score (nSPS) is 16.6. The Balaban J connectivity index is 2.06. The maximum Gasteiger partial charge on any atom is 0.335 e. The summed E-state index contributed by atoms with van der Waals surface area (Å²) in [5.41, 5.74) is 4.43. The van der Waals surface area contributed by atoms with Gasteiger partial charge < -0.3 is 9.84 Å². The number of hydrogen-bond acceptors (Lipinski definition) is 2. The fourth-order valence-electron chi connectivity index (χ4n) is 2.67. The number of carbonyl (C=O) groups is 1. The molecule has 0 bridgehead atoms. The number of carboxylic acid groups (broad SMARTS) is 1. The van der Waals surface area contributed by atoms with E-state index in [9.17, 15) is 4.79 Å². The third-order valence-corrected chi connectivity index (χ3v) is 3.55. The highest BCUT2D eigenvalue weighted by Crippen LogP contribution is 2.33. The second-order valence-corrected chi connectivity index (χ2v) is 5.35. The predicted molar refractivity (Wildman–Crippen MR) is 77.4 cm³/mol. The summed E-state index contributed by atoms with van der Waals surface area (Å²) < 4.78 is 5.69. The van der Waals surface area contributed by atoms with Crippen LogP contribution in [0.1, 0.15) is 28.4 Å². The zero-order chi connectivity index (χ0) is 14.3. The highest BCUT2D eigenvalue weighted by atomic mass is 16.5. The summed E-state index contributed by atoms with van der Waals surface area (Å²) >= 11 is 0. The number of benzene rings is 2. The van der Waals surface area contributed by atoms with Gasteiger partial charge in [-0.2, -0.15) is 0 Å². The van der Waals surface area contributed by atoms with Crippen LogP contribution >= 0.6 is 0 Å². The summed E-state index contributed by atoms with van der Waals surface area (Å²) in [5.74, 6) is 0.0421. The summed E-state index contributed by atoms with van der Waals surface area (Å²) in [4.78, 5) is 11.1. The zero-order valence-corrected chi connectivity index (χ0v) is 11.5. The molecule has 1 atom stereocenters. The highest BCUT2D eigenvalue weighted by molar-refractivity contribution is 5.89. The van der Waals surface area contributed by atoms with Crippen LogP contribution in [-0.4, -0.2) is 17.2 Å². The molecule has 0 aromatic heterocycles. The molecule has 0 amide bonds. The van der Waals surface area contributed by atoms with Crippen molar-refractivity contribution in [1.82, 2.24) is 0 Å². The molecule has 2 aromatic carbocycles. The van der Waals surface area contributed by atoms with E-state index in [0.29, 0.717) is 5.56 Å². The van der Waals surface area contributed by atoms with Crippen molar-refractivity contribution in [3.8, 4) is 16.9 Å². The van der Waals surface area contributed by atoms with Crippen LogP contribution in [0, 0.1) is 6.92 Å². The average Bonchev–Trinajstić information content (AvgIpc) is 2.76. The predicted octanol–water partition coefficient (Wildman–Crippen LogP) is 3.68.